The van der Waals surface area contributed by atoms with Crippen LogP contribution < -0.4 is 0 Å². The van der Waals surface area contributed by atoms with Crippen molar-refractivity contribution in [1.29, 1.82) is 10.5 Å². The average molecular weight is 783 g/mol. The Kier molecular flexibility index (Phi) is 8.34. The third kappa shape index (κ3) is 5.97. The summed E-state index contributed by atoms with van der Waals surface area (Å²) in [7, 11) is 0. The van der Waals surface area contributed by atoms with E-state index in [4.69, 9.17) is 15.0 Å². The first kappa shape index (κ1) is 35.0. The molecular weight excluding hydrogens is 753 g/mol. The van der Waals surface area contributed by atoms with Gasteiger partial charge in [-0.1, -0.05) is 121 Å². The smallest absolute Gasteiger partial charge is 0.166 e. The molecule has 3 aromatic heterocycles. The van der Waals surface area contributed by atoms with E-state index in [-0.39, 0.29) is 0 Å². The SMILES string of the molecule is N#Cc1cc(C#N)cc(-c2ccc3c4ccccc4n(-c4ccc(-c5ccc6sc7ccccc7c6c5)cc4-c4nc(-c5ccccc5)nc(-c5ccccc5)n4)c3c2)c1. The van der Waals surface area contributed by atoms with E-state index in [0.29, 0.717) is 28.6 Å². The van der Waals surface area contributed by atoms with E-state index in [1.54, 1.807) is 6.07 Å². The number of benzene rings is 8. The number of fused-ring (bicyclic) bond motifs is 6. The van der Waals surface area contributed by atoms with Crippen LogP contribution in [0.1, 0.15) is 11.1 Å². The maximum atomic E-state index is 9.83. The van der Waals surface area contributed by atoms with Gasteiger partial charge in [0.05, 0.1) is 40.0 Å². The van der Waals surface area contributed by atoms with E-state index >= 15 is 0 Å². The first-order chi connectivity index (χ1) is 29.6. The van der Waals surface area contributed by atoms with Gasteiger partial charge in [0.25, 0.3) is 0 Å². The topological polar surface area (TPSA) is 91.2 Å². The van der Waals surface area contributed by atoms with Crippen molar-refractivity contribution in [2.75, 3.05) is 0 Å². The molecule has 0 aliphatic heterocycles. The highest BCUT2D eigenvalue weighted by molar-refractivity contribution is 7.25. The molecule has 0 saturated carbocycles. The summed E-state index contributed by atoms with van der Waals surface area (Å²) in [5.74, 6) is 1.71. The Morgan fingerprint density at radius 3 is 1.65 bits per heavy atom. The molecule has 60 heavy (non-hydrogen) atoms. The fraction of sp³-hybridized carbons (Fsp3) is 0. The first-order valence-electron chi connectivity index (χ1n) is 19.5. The normalized spacial score (nSPS) is 11.3. The van der Waals surface area contributed by atoms with E-state index in [2.05, 4.69) is 120 Å². The second kappa shape index (κ2) is 14.3. The zero-order chi connectivity index (χ0) is 40.2. The molecule has 0 bridgehead atoms. The molecule has 0 unspecified atom stereocenters. The number of hydrogen-bond donors (Lipinski definition) is 0. The zero-order valence-electron chi connectivity index (χ0n) is 31.9. The van der Waals surface area contributed by atoms with Gasteiger partial charge < -0.3 is 4.57 Å². The van der Waals surface area contributed by atoms with Crippen molar-refractivity contribution in [1.82, 2.24) is 19.5 Å². The summed E-state index contributed by atoms with van der Waals surface area (Å²) >= 11 is 1.81. The predicted octanol–water partition coefficient (Wildman–Crippen LogP) is 13.4. The van der Waals surface area contributed by atoms with Crippen LogP contribution in [0.15, 0.2) is 182 Å². The summed E-state index contributed by atoms with van der Waals surface area (Å²) in [6, 6.07) is 66.5. The van der Waals surface area contributed by atoms with Gasteiger partial charge in [-0.2, -0.15) is 10.5 Å². The van der Waals surface area contributed by atoms with Crippen molar-refractivity contribution in [2.24, 2.45) is 0 Å². The quantitative estimate of drug-likeness (QED) is 0.167. The van der Waals surface area contributed by atoms with E-state index in [9.17, 15) is 10.5 Å². The molecule has 0 fully saturated rings. The fourth-order valence-electron chi connectivity index (χ4n) is 8.26. The van der Waals surface area contributed by atoms with Crippen molar-refractivity contribution < 1.29 is 0 Å². The maximum absolute atomic E-state index is 9.83. The van der Waals surface area contributed by atoms with Crippen LogP contribution in [-0.2, 0) is 0 Å². The van der Waals surface area contributed by atoms with Crippen LogP contribution in [0.4, 0.5) is 0 Å². The highest BCUT2D eigenvalue weighted by Gasteiger charge is 2.21. The lowest BCUT2D eigenvalue weighted by Crippen LogP contribution is -2.04. The summed E-state index contributed by atoms with van der Waals surface area (Å²) in [6.45, 7) is 0. The number of rotatable bonds is 6. The van der Waals surface area contributed by atoms with Gasteiger partial charge in [0.15, 0.2) is 17.5 Å². The number of thiophene rings is 1. The van der Waals surface area contributed by atoms with Crippen LogP contribution >= 0.6 is 11.3 Å². The van der Waals surface area contributed by atoms with E-state index in [1.165, 1.54) is 20.2 Å². The summed E-state index contributed by atoms with van der Waals surface area (Å²) in [5.41, 5.74) is 10.2. The highest BCUT2D eigenvalue weighted by Crippen LogP contribution is 2.41. The van der Waals surface area contributed by atoms with Crippen molar-refractivity contribution in [3.63, 3.8) is 0 Å². The van der Waals surface area contributed by atoms with Gasteiger partial charge in [0.1, 0.15) is 0 Å². The molecule has 7 heteroatoms. The third-order valence-corrected chi connectivity index (χ3v) is 12.2. The number of nitrogens with zero attached hydrogens (tertiary/aromatic N) is 6. The summed E-state index contributed by atoms with van der Waals surface area (Å²) in [6.07, 6.45) is 0. The molecule has 0 aliphatic rings. The Morgan fingerprint density at radius 2 is 0.933 bits per heavy atom. The Labute approximate surface area is 349 Å². The predicted molar refractivity (Wildman–Crippen MR) is 244 cm³/mol. The summed E-state index contributed by atoms with van der Waals surface area (Å²) in [4.78, 5) is 15.5. The lowest BCUT2D eigenvalue weighted by molar-refractivity contribution is 1.06. The van der Waals surface area contributed by atoms with Crippen LogP contribution in [0.5, 0.6) is 0 Å². The lowest BCUT2D eigenvalue weighted by Gasteiger charge is -2.17. The molecular formula is C53H30N6S. The Morgan fingerprint density at radius 1 is 0.383 bits per heavy atom. The van der Waals surface area contributed by atoms with E-state index < -0.39 is 0 Å². The lowest BCUT2D eigenvalue weighted by atomic mass is 9.98. The van der Waals surface area contributed by atoms with Gasteiger partial charge in [0, 0.05) is 47.6 Å². The molecule has 0 amide bonds. The van der Waals surface area contributed by atoms with Crippen molar-refractivity contribution >= 4 is 53.3 Å². The van der Waals surface area contributed by atoms with Gasteiger partial charge in [-0.15, -0.1) is 11.3 Å². The molecule has 0 N–H and O–H groups in total. The second-order valence-corrected chi connectivity index (χ2v) is 15.8. The standard InChI is InChI=1S/C53H30N6S/c54-31-33-25-34(32-55)27-40(26-33)39-19-22-42-41-15-7-9-17-46(41)59(48(42)30-39)47-23-20-37(38-21-24-50-44(28-38)43-16-8-10-18-49(43)60-50)29-45(47)53-57-51(35-11-3-1-4-12-35)56-52(58-53)36-13-5-2-6-14-36/h1-30H. The molecule has 8 aromatic carbocycles. The molecule has 0 aliphatic carbocycles. The van der Waals surface area contributed by atoms with E-state index in [1.807, 2.05) is 84.1 Å². The van der Waals surface area contributed by atoms with Gasteiger partial charge in [-0.3, -0.25) is 0 Å². The van der Waals surface area contributed by atoms with Crippen LogP contribution in [0.25, 0.3) is 104 Å². The maximum Gasteiger partial charge on any atom is 0.166 e. The summed E-state index contributed by atoms with van der Waals surface area (Å²) in [5, 5.41) is 24.3. The monoisotopic (exact) mass is 782 g/mol. The minimum atomic E-state index is 0.439. The fourth-order valence-corrected chi connectivity index (χ4v) is 9.34. The third-order valence-electron chi connectivity index (χ3n) is 11.1. The van der Waals surface area contributed by atoms with Crippen LogP contribution in [-0.4, -0.2) is 19.5 Å². The zero-order valence-corrected chi connectivity index (χ0v) is 32.7. The highest BCUT2D eigenvalue weighted by atomic mass is 32.1. The number of hydrogen-bond acceptors (Lipinski definition) is 6. The van der Waals surface area contributed by atoms with Gasteiger partial charge in [-0.25, -0.2) is 15.0 Å². The number of aromatic nitrogens is 4. The summed E-state index contributed by atoms with van der Waals surface area (Å²) < 4.78 is 4.80. The molecule has 0 spiro atoms. The van der Waals surface area contributed by atoms with Crippen molar-refractivity contribution in [3.05, 3.63) is 193 Å². The van der Waals surface area contributed by atoms with Gasteiger partial charge in [0.2, 0.25) is 0 Å². The minimum Gasteiger partial charge on any atom is -0.308 e. The molecule has 0 atom stereocenters. The molecule has 278 valence electrons. The Bertz CT molecular complexity index is 3480. The van der Waals surface area contributed by atoms with Crippen molar-refractivity contribution in [3.8, 4) is 74.2 Å². The number of para-hydroxylation sites is 1. The van der Waals surface area contributed by atoms with Crippen LogP contribution in [0.3, 0.4) is 0 Å². The van der Waals surface area contributed by atoms with E-state index in [0.717, 1.165) is 66.4 Å². The molecule has 3 heterocycles. The Hall–Kier alpha value is -8.23. The largest absolute Gasteiger partial charge is 0.308 e. The first-order valence-corrected chi connectivity index (χ1v) is 20.4. The molecule has 0 saturated heterocycles. The molecule has 0 radical (unpaired) electrons. The van der Waals surface area contributed by atoms with Crippen LogP contribution in [0.2, 0.25) is 0 Å². The van der Waals surface area contributed by atoms with Crippen molar-refractivity contribution in [2.45, 2.75) is 0 Å². The van der Waals surface area contributed by atoms with Crippen LogP contribution in [0, 0.1) is 22.7 Å². The molecule has 11 aromatic rings. The second-order valence-electron chi connectivity index (χ2n) is 14.7. The van der Waals surface area contributed by atoms with Gasteiger partial charge in [-0.05, 0) is 82.9 Å². The average Bonchev–Trinajstić information content (AvgIpc) is 3.86. The molecule has 11 rings (SSSR count). The molecule has 6 nitrogen and oxygen atoms in total. The Balaban J connectivity index is 1.21. The number of nitriles is 2. The minimum absolute atomic E-state index is 0.439. The van der Waals surface area contributed by atoms with Gasteiger partial charge >= 0.3 is 0 Å².